The van der Waals surface area contributed by atoms with E-state index in [4.69, 9.17) is 34.2 Å². The Morgan fingerprint density at radius 1 is 1.45 bits per heavy atom. The number of nitrogens with one attached hydrogen (secondary N) is 1. The van der Waals surface area contributed by atoms with Gasteiger partial charge in [-0.1, -0.05) is 5.92 Å². The maximum Gasteiger partial charge on any atom is 0.475 e. The number of nitrogens with zero attached hydrogens (tertiary/aromatic N) is 1. The largest absolute Gasteiger partial charge is 0.475 e. The summed E-state index contributed by atoms with van der Waals surface area (Å²) in [5.41, 5.74) is -2.54. The number of phosphoric ester groups is 1. The number of hydrogen-bond acceptors (Lipinski definition) is 10. The molecule has 1 aromatic heterocycles. The van der Waals surface area contributed by atoms with Gasteiger partial charge < -0.3 is 14.2 Å². The zero-order chi connectivity index (χ0) is 24.4. The Hall–Kier alpha value is -2.26. The van der Waals surface area contributed by atoms with Crippen LogP contribution in [0.5, 0.6) is 0 Å². The minimum absolute atomic E-state index is 0.122. The fraction of sp³-hybridized carbons (Fsp3) is 0.650. The van der Waals surface area contributed by atoms with Crippen molar-refractivity contribution >= 4 is 13.8 Å². The lowest BCUT2D eigenvalue weighted by atomic mass is 9.83. The highest BCUT2D eigenvalue weighted by atomic mass is 31.2. The summed E-state index contributed by atoms with van der Waals surface area (Å²) in [7, 11) is -2.73. The summed E-state index contributed by atoms with van der Waals surface area (Å²) in [6.07, 6.45) is 3.15. The molecule has 0 aromatic carbocycles. The Morgan fingerprint density at radius 3 is 2.79 bits per heavy atom. The van der Waals surface area contributed by atoms with Crippen LogP contribution in [0.15, 0.2) is 21.9 Å². The molecule has 2 fully saturated rings. The predicted molar refractivity (Wildman–Crippen MR) is 113 cm³/mol. The van der Waals surface area contributed by atoms with Crippen LogP contribution < -0.4 is 11.2 Å². The fourth-order valence-corrected chi connectivity index (χ4v) is 5.12. The van der Waals surface area contributed by atoms with Crippen LogP contribution in [-0.4, -0.2) is 60.3 Å². The third-order valence-corrected chi connectivity index (χ3v) is 6.73. The van der Waals surface area contributed by atoms with Gasteiger partial charge in [0.15, 0.2) is 6.23 Å². The first-order valence-electron chi connectivity index (χ1n) is 10.3. The topological polar surface area (TPSA) is 144 Å². The third-order valence-electron chi connectivity index (χ3n) is 5.31. The van der Waals surface area contributed by atoms with E-state index in [1.54, 1.807) is 20.8 Å². The first-order chi connectivity index (χ1) is 15.5. The number of methoxy groups -OCH3 is 1. The number of esters is 1. The molecule has 0 radical (unpaired) electrons. The maximum absolute atomic E-state index is 13.1. The Kier molecular flexibility index (Phi) is 7.63. The number of carbonyl (C=O) groups is 1. The summed E-state index contributed by atoms with van der Waals surface area (Å²) in [6.45, 7) is 4.59. The minimum Gasteiger partial charge on any atom is -0.463 e. The summed E-state index contributed by atoms with van der Waals surface area (Å²) in [5, 5.41) is 0. The molecule has 182 valence electrons. The third kappa shape index (κ3) is 5.46. The number of carbonyl (C=O) groups excluding carboxylic acids is 1. The predicted octanol–water partition coefficient (Wildman–Crippen LogP) is 0.970. The van der Waals surface area contributed by atoms with Crippen molar-refractivity contribution in [3.8, 4) is 12.3 Å². The minimum atomic E-state index is -4.11. The second-order valence-corrected chi connectivity index (χ2v) is 9.76. The summed E-state index contributed by atoms with van der Waals surface area (Å²) < 4.78 is 46.8. The van der Waals surface area contributed by atoms with Crippen molar-refractivity contribution in [2.75, 3.05) is 20.3 Å². The van der Waals surface area contributed by atoms with Crippen LogP contribution in [0.25, 0.3) is 0 Å². The fourth-order valence-electron chi connectivity index (χ4n) is 3.61. The molecule has 12 nitrogen and oxygen atoms in total. The monoisotopic (exact) mass is 486 g/mol. The Morgan fingerprint density at radius 2 is 2.18 bits per heavy atom. The molecule has 2 saturated heterocycles. The normalized spacial score (nSPS) is 32.2. The lowest BCUT2D eigenvalue weighted by Crippen LogP contribution is -2.43. The van der Waals surface area contributed by atoms with Gasteiger partial charge in [0.25, 0.3) is 5.56 Å². The van der Waals surface area contributed by atoms with Crippen molar-refractivity contribution < 1.29 is 37.1 Å². The van der Waals surface area contributed by atoms with E-state index in [9.17, 15) is 18.9 Å². The number of hydrogen-bond donors (Lipinski definition) is 1. The highest BCUT2D eigenvalue weighted by Gasteiger charge is 2.60. The van der Waals surface area contributed by atoms with Gasteiger partial charge in [0.2, 0.25) is 0 Å². The Bertz CT molecular complexity index is 1080. The number of terminal acetylenes is 1. The number of fused-ring (bicyclic) bond motifs is 1. The second-order valence-electron chi connectivity index (χ2n) is 8.14. The van der Waals surface area contributed by atoms with E-state index >= 15 is 0 Å². The number of phosphoric acid groups is 1. The molecule has 0 unspecified atom stereocenters. The molecule has 6 atom stereocenters. The van der Waals surface area contributed by atoms with Crippen LogP contribution in [0.2, 0.25) is 0 Å². The van der Waals surface area contributed by atoms with E-state index < -0.39 is 55.0 Å². The van der Waals surface area contributed by atoms with Gasteiger partial charge in [-0.15, -0.1) is 6.42 Å². The van der Waals surface area contributed by atoms with Crippen molar-refractivity contribution in [2.45, 2.75) is 57.8 Å². The van der Waals surface area contributed by atoms with Gasteiger partial charge >= 0.3 is 19.5 Å². The van der Waals surface area contributed by atoms with Crippen molar-refractivity contribution in [2.24, 2.45) is 5.41 Å². The van der Waals surface area contributed by atoms with Crippen molar-refractivity contribution in [3.63, 3.8) is 0 Å². The molecule has 3 rings (SSSR count). The summed E-state index contributed by atoms with van der Waals surface area (Å²) in [4.78, 5) is 37.7. The van der Waals surface area contributed by atoms with E-state index in [1.165, 1.54) is 13.3 Å². The number of rotatable bonds is 8. The van der Waals surface area contributed by atoms with Crippen molar-refractivity contribution in [1.29, 1.82) is 0 Å². The maximum atomic E-state index is 13.1. The summed E-state index contributed by atoms with van der Waals surface area (Å²) in [5.74, 6) is 2.07. The molecular weight excluding hydrogens is 459 g/mol. The number of aromatic amines is 1. The average Bonchev–Trinajstić information content (AvgIpc) is 3.03. The molecule has 13 heteroatoms. The SMILES string of the molecule is C#C[C@]1(C)[C@@H]2O[P@@](=O)(OC[C@@H](CC(=O)OC(C)C)OC)OC[C@H]2O[C@H]1n1ccc(=O)[nH]c1=O. The Labute approximate surface area is 190 Å². The first-order valence-corrected chi connectivity index (χ1v) is 11.7. The highest BCUT2D eigenvalue weighted by Crippen LogP contribution is 2.60. The van der Waals surface area contributed by atoms with Crippen LogP contribution in [0.4, 0.5) is 0 Å². The van der Waals surface area contributed by atoms with Crippen LogP contribution in [0, 0.1) is 17.8 Å². The molecule has 2 aliphatic rings. The summed E-state index contributed by atoms with van der Waals surface area (Å²) in [6, 6.07) is 1.16. The van der Waals surface area contributed by atoms with Crippen LogP contribution >= 0.6 is 7.82 Å². The van der Waals surface area contributed by atoms with E-state index in [-0.39, 0.29) is 25.7 Å². The van der Waals surface area contributed by atoms with E-state index in [1.807, 2.05) is 0 Å². The molecule has 0 spiro atoms. The van der Waals surface area contributed by atoms with Crippen molar-refractivity contribution in [3.05, 3.63) is 33.1 Å². The molecule has 0 bridgehead atoms. The molecule has 0 saturated carbocycles. The number of aromatic nitrogens is 2. The van der Waals surface area contributed by atoms with Gasteiger partial charge in [0.1, 0.15) is 17.6 Å². The molecule has 1 N–H and O–H groups in total. The molecule has 0 aliphatic carbocycles. The van der Waals surface area contributed by atoms with Gasteiger partial charge in [0, 0.05) is 19.4 Å². The number of H-pyrrole nitrogens is 1. The smallest absolute Gasteiger partial charge is 0.463 e. The number of ether oxygens (including phenoxy) is 3. The van der Waals surface area contributed by atoms with Crippen LogP contribution in [0.3, 0.4) is 0 Å². The quantitative estimate of drug-likeness (QED) is 0.321. The summed E-state index contributed by atoms with van der Waals surface area (Å²) >= 11 is 0. The van der Waals surface area contributed by atoms with Gasteiger partial charge in [-0.05, 0) is 20.8 Å². The van der Waals surface area contributed by atoms with Crippen LogP contribution in [0.1, 0.15) is 33.4 Å². The molecule has 2 aliphatic heterocycles. The lowest BCUT2D eigenvalue weighted by Gasteiger charge is -2.35. The highest BCUT2D eigenvalue weighted by molar-refractivity contribution is 7.48. The van der Waals surface area contributed by atoms with E-state index in [2.05, 4.69) is 10.9 Å². The molecule has 3 heterocycles. The van der Waals surface area contributed by atoms with Gasteiger partial charge in [-0.25, -0.2) is 9.36 Å². The second kappa shape index (κ2) is 9.93. The van der Waals surface area contributed by atoms with Gasteiger partial charge in [-0.2, -0.15) is 0 Å². The zero-order valence-corrected chi connectivity index (χ0v) is 19.6. The molecule has 33 heavy (non-hydrogen) atoms. The molecular formula is C20H27N2O10P. The van der Waals surface area contributed by atoms with E-state index in [0.717, 1.165) is 10.6 Å². The zero-order valence-electron chi connectivity index (χ0n) is 18.7. The average molecular weight is 486 g/mol. The lowest BCUT2D eigenvalue weighted by molar-refractivity contribution is -0.151. The van der Waals surface area contributed by atoms with E-state index in [0.29, 0.717) is 0 Å². The molecule has 0 amide bonds. The van der Waals surface area contributed by atoms with Gasteiger partial charge in [-0.3, -0.25) is 32.7 Å². The first kappa shape index (κ1) is 25.4. The van der Waals surface area contributed by atoms with Crippen molar-refractivity contribution in [1.82, 2.24) is 9.55 Å². The van der Waals surface area contributed by atoms with Gasteiger partial charge in [0.05, 0.1) is 31.8 Å². The Balaban J connectivity index is 1.73. The van der Waals surface area contributed by atoms with Crippen LogP contribution in [-0.2, 0) is 37.1 Å². The standard InChI is InChI=1S/C20H27N2O10P/c1-6-20(4)17-14(31-18(20)22-8-7-15(23)21-19(22)25)11-29-33(26,32-17)28-10-13(27-5)9-16(24)30-12(2)3/h1,7-8,12-14,17-18H,9-11H2,2-5H3,(H,21,23,25)/t13-,14-,17-,18-,20-,33+/m1/s1. The molecule has 1 aromatic rings.